The first-order valence-electron chi connectivity index (χ1n) is 10.9. The van der Waals surface area contributed by atoms with Gasteiger partial charge in [-0.05, 0) is 56.2 Å². The molecule has 2 unspecified atom stereocenters. The van der Waals surface area contributed by atoms with Gasteiger partial charge in [-0.15, -0.1) is 0 Å². The number of anilines is 1. The summed E-state index contributed by atoms with van der Waals surface area (Å²) in [5, 5.41) is 18.9. The number of fused-ring (bicyclic) bond motifs is 1. The van der Waals surface area contributed by atoms with Gasteiger partial charge >= 0.3 is 12.3 Å². The van der Waals surface area contributed by atoms with Crippen molar-refractivity contribution in [1.29, 1.82) is 5.26 Å². The van der Waals surface area contributed by atoms with E-state index in [0.717, 1.165) is 41.6 Å². The lowest BCUT2D eigenvalue weighted by Gasteiger charge is -2.32. The normalized spacial score (nSPS) is 18.6. The molecule has 0 bridgehead atoms. The molecule has 0 spiro atoms. The van der Waals surface area contributed by atoms with Crippen molar-refractivity contribution < 1.29 is 23.1 Å². The van der Waals surface area contributed by atoms with Gasteiger partial charge in [0.05, 0.1) is 40.9 Å². The van der Waals surface area contributed by atoms with Gasteiger partial charge in [-0.2, -0.15) is 18.4 Å². The first kappa shape index (κ1) is 23.5. The minimum absolute atomic E-state index is 0.0304. The predicted molar refractivity (Wildman–Crippen MR) is 117 cm³/mol. The van der Waals surface area contributed by atoms with Crippen LogP contribution in [0.2, 0.25) is 0 Å². The Morgan fingerprint density at radius 1 is 1.29 bits per heavy atom. The van der Waals surface area contributed by atoms with E-state index in [1.54, 1.807) is 18.5 Å². The van der Waals surface area contributed by atoms with Crippen LogP contribution >= 0.6 is 0 Å². The standard InChI is InChI=1S/C23H23F3N6O2/c1-14-21(28-10-20(30-14)23(24,25)26)32(22(33)34)12-17-4-2-3-16(7-17)11-31-13-29-18-6-5-15(9-27)8-19(18)31/h5-6,8,10,13,16-17H,2-4,7,11-12H2,1H3,(H,33,34). The number of nitrogens with zero attached hydrogens (tertiary/aromatic N) is 6. The number of alkyl halides is 3. The lowest BCUT2D eigenvalue weighted by molar-refractivity contribution is -0.141. The number of amides is 1. The van der Waals surface area contributed by atoms with Gasteiger partial charge in [-0.1, -0.05) is 6.42 Å². The molecule has 1 amide bonds. The van der Waals surface area contributed by atoms with Gasteiger partial charge in [-0.3, -0.25) is 4.90 Å². The Morgan fingerprint density at radius 3 is 2.74 bits per heavy atom. The van der Waals surface area contributed by atoms with E-state index >= 15 is 0 Å². The van der Waals surface area contributed by atoms with Crippen molar-refractivity contribution in [2.45, 2.75) is 45.3 Å². The minimum atomic E-state index is -4.65. The number of carboxylic acid groups (broad SMARTS) is 1. The van der Waals surface area contributed by atoms with Gasteiger partial charge in [0.2, 0.25) is 0 Å². The zero-order valence-corrected chi connectivity index (χ0v) is 18.5. The molecule has 2 heterocycles. The monoisotopic (exact) mass is 472 g/mol. The summed E-state index contributed by atoms with van der Waals surface area (Å²) in [4.78, 5) is 24.7. The van der Waals surface area contributed by atoms with Crippen molar-refractivity contribution in [1.82, 2.24) is 19.5 Å². The second kappa shape index (κ2) is 9.29. The van der Waals surface area contributed by atoms with Crippen LogP contribution in [0.25, 0.3) is 11.0 Å². The van der Waals surface area contributed by atoms with Gasteiger partial charge in [0.15, 0.2) is 11.5 Å². The van der Waals surface area contributed by atoms with E-state index in [1.807, 2.05) is 10.6 Å². The van der Waals surface area contributed by atoms with Gasteiger partial charge in [-0.25, -0.2) is 19.7 Å². The van der Waals surface area contributed by atoms with Crippen molar-refractivity contribution >= 4 is 22.9 Å². The second-order valence-corrected chi connectivity index (χ2v) is 8.67. The van der Waals surface area contributed by atoms with E-state index < -0.39 is 18.0 Å². The van der Waals surface area contributed by atoms with Crippen LogP contribution in [0.4, 0.5) is 23.8 Å². The van der Waals surface area contributed by atoms with Crippen molar-refractivity contribution in [3.05, 3.63) is 47.7 Å². The molecule has 178 valence electrons. The molecule has 0 radical (unpaired) electrons. The molecule has 3 aromatic rings. The highest BCUT2D eigenvalue weighted by Crippen LogP contribution is 2.33. The van der Waals surface area contributed by atoms with E-state index in [1.165, 1.54) is 6.92 Å². The molecule has 11 heteroatoms. The Balaban J connectivity index is 1.48. The molecule has 1 fully saturated rings. The van der Waals surface area contributed by atoms with E-state index in [0.29, 0.717) is 18.3 Å². The fourth-order valence-corrected chi connectivity index (χ4v) is 4.67. The van der Waals surface area contributed by atoms with Crippen LogP contribution in [0.15, 0.2) is 30.7 Å². The topological polar surface area (TPSA) is 108 Å². The maximum atomic E-state index is 12.9. The maximum Gasteiger partial charge on any atom is 0.434 e. The number of hydrogen-bond donors (Lipinski definition) is 1. The lowest BCUT2D eigenvalue weighted by atomic mass is 9.81. The zero-order valence-electron chi connectivity index (χ0n) is 18.5. The number of aryl methyl sites for hydroxylation is 1. The summed E-state index contributed by atoms with van der Waals surface area (Å²) in [7, 11) is 0. The quantitative estimate of drug-likeness (QED) is 0.559. The third-order valence-corrected chi connectivity index (χ3v) is 6.24. The molecule has 34 heavy (non-hydrogen) atoms. The fourth-order valence-electron chi connectivity index (χ4n) is 4.67. The van der Waals surface area contributed by atoms with Crippen molar-refractivity contribution in [2.24, 2.45) is 11.8 Å². The highest BCUT2D eigenvalue weighted by Gasteiger charge is 2.35. The molecular weight excluding hydrogens is 449 g/mol. The smallest absolute Gasteiger partial charge is 0.434 e. The molecule has 2 aromatic heterocycles. The third-order valence-electron chi connectivity index (χ3n) is 6.24. The molecular formula is C23H23F3N6O2. The van der Waals surface area contributed by atoms with Crippen LogP contribution < -0.4 is 4.90 Å². The number of halogens is 3. The Bertz CT molecular complexity index is 1250. The second-order valence-electron chi connectivity index (χ2n) is 8.67. The molecule has 1 aliphatic carbocycles. The van der Waals surface area contributed by atoms with Crippen molar-refractivity contribution in [3.63, 3.8) is 0 Å². The van der Waals surface area contributed by atoms with Gasteiger partial charge in [0.1, 0.15) is 0 Å². The Kier molecular flexibility index (Phi) is 6.41. The van der Waals surface area contributed by atoms with Crippen LogP contribution in [-0.4, -0.2) is 37.3 Å². The largest absolute Gasteiger partial charge is 0.465 e. The van der Waals surface area contributed by atoms with Gasteiger partial charge in [0.25, 0.3) is 0 Å². The number of aromatic nitrogens is 4. The Labute approximate surface area is 193 Å². The Hall–Kier alpha value is -3.68. The summed E-state index contributed by atoms with van der Waals surface area (Å²) >= 11 is 0. The maximum absolute atomic E-state index is 12.9. The SMILES string of the molecule is Cc1nc(C(F)(F)F)cnc1N(CC1CCCC(Cn2cnc3ccc(C#N)cc32)C1)C(=O)O. The first-order valence-corrected chi connectivity index (χ1v) is 10.9. The van der Waals surface area contributed by atoms with E-state index in [4.69, 9.17) is 0 Å². The summed E-state index contributed by atoms with van der Waals surface area (Å²) in [5.41, 5.74) is 1.01. The predicted octanol–water partition coefficient (Wildman–Crippen LogP) is 5.02. The summed E-state index contributed by atoms with van der Waals surface area (Å²) in [6, 6.07) is 7.48. The average Bonchev–Trinajstić information content (AvgIpc) is 3.19. The van der Waals surface area contributed by atoms with Crippen LogP contribution in [0.5, 0.6) is 0 Å². The number of rotatable bonds is 5. The molecule has 4 rings (SSSR count). The molecule has 1 saturated carbocycles. The third kappa shape index (κ3) is 4.95. The Morgan fingerprint density at radius 2 is 2.06 bits per heavy atom. The van der Waals surface area contributed by atoms with E-state index in [-0.39, 0.29) is 29.9 Å². The van der Waals surface area contributed by atoms with Crippen LogP contribution in [0.1, 0.15) is 42.6 Å². The zero-order chi connectivity index (χ0) is 24.5. The molecule has 1 N–H and O–H groups in total. The highest BCUT2D eigenvalue weighted by molar-refractivity contribution is 5.85. The fraction of sp³-hybridized carbons (Fsp3) is 0.435. The number of hydrogen-bond acceptors (Lipinski definition) is 5. The summed E-state index contributed by atoms with van der Waals surface area (Å²) in [5.74, 6) is 0.229. The summed E-state index contributed by atoms with van der Waals surface area (Å²) < 4.78 is 40.8. The van der Waals surface area contributed by atoms with Crippen LogP contribution in [0.3, 0.4) is 0 Å². The molecule has 1 aromatic carbocycles. The van der Waals surface area contributed by atoms with E-state index in [2.05, 4.69) is 21.0 Å². The van der Waals surface area contributed by atoms with E-state index in [9.17, 15) is 28.3 Å². The summed E-state index contributed by atoms with van der Waals surface area (Å²) in [6.45, 7) is 2.15. The van der Waals surface area contributed by atoms with Crippen molar-refractivity contribution in [3.8, 4) is 6.07 Å². The molecule has 0 aliphatic heterocycles. The average molecular weight is 472 g/mol. The molecule has 2 atom stereocenters. The van der Waals surface area contributed by atoms with Crippen molar-refractivity contribution in [2.75, 3.05) is 11.4 Å². The molecule has 0 saturated heterocycles. The van der Waals surface area contributed by atoms with Crippen LogP contribution in [0, 0.1) is 30.1 Å². The van der Waals surface area contributed by atoms with Gasteiger partial charge in [0, 0.05) is 13.1 Å². The van der Waals surface area contributed by atoms with Crippen LogP contribution in [-0.2, 0) is 12.7 Å². The number of benzene rings is 1. The highest BCUT2D eigenvalue weighted by atomic mass is 19.4. The lowest BCUT2D eigenvalue weighted by Crippen LogP contribution is -2.37. The number of imidazole rings is 1. The minimum Gasteiger partial charge on any atom is -0.465 e. The summed E-state index contributed by atoms with van der Waals surface area (Å²) in [6.07, 6.45) is -0.139. The number of carbonyl (C=O) groups is 1. The molecule has 1 aliphatic rings. The van der Waals surface area contributed by atoms with Gasteiger partial charge < -0.3 is 9.67 Å². The molecule has 8 nitrogen and oxygen atoms in total. The number of nitriles is 1. The first-order chi connectivity index (χ1) is 16.2.